The van der Waals surface area contributed by atoms with Crippen molar-refractivity contribution in [3.05, 3.63) is 73.3 Å². The van der Waals surface area contributed by atoms with Gasteiger partial charge in [0.2, 0.25) is 0 Å². The van der Waals surface area contributed by atoms with E-state index >= 15 is 0 Å². The van der Waals surface area contributed by atoms with Gasteiger partial charge in [-0.05, 0) is 21.5 Å². The van der Waals surface area contributed by atoms with E-state index in [0.717, 1.165) is 0 Å². The molecule has 0 aromatic heterocycles. The second-order valence-corrected chi connectivity index (χ2v) is 12.0. The molecular weight excluding hydrogens is 356 g/mol. The number of ether oxygens (including phenoxy) is 2. The molecule has 0 radical (unpaired) electrons. The lowest BCUT2D eigenvalue weighted by molar-refractivity contribution is 0.0932. The second kappa shape index (κ2) is 7.70. The van der Waals surface area contributed by atoms with Gasteiger partial charge in [-0.3, -0.25) is 0 Å². The van der Waals surface area contributed by atoms with E-state index in [4.69, 9.17) is 13.9 Å². The third kappa shape index (κ3) is 3.70. The highest BCUT2D eigenvalue weighted by molar-refractivity contribution is 6.99. The molecule has 5 heteroatoms. The summed E-state index contributed by atoms with van der Waals surface area (Å²) in [7, 11) is -2.66. The van der Waals surface area contributed by atoms with Crippen LogP contribution in [0.5, 0.6) is 0 Å². The Kier molecular flexibility index (Phi) is 5.53. The van der Waals surface area contributed by atoms with Gasteiger partial charge in [-0.1, -0.05) is 88.0 Å². The fraction of sp³-hybridized carbons (Fsp3) is 0.318. The normalized spacial score (nSPS) is 20.0. The van der Waals surface area contributed by atoms with Gasteiger partial charge in [-0.2, -0.15) is 0 Å². The van der Waals surface area contributed by atoms with Gasteiger partial charge < -0.3 is 13.9 Å². The number of rotatable bonds is 6. The lowest BCUT2D eigenvalue weighted by atomic mass is 10.2. The van der Waals surface area contributed by atoms with Crippen molar-refractivity contribution in [1.82, 2.24) is 0 Å². The highest BCUT2D eigenvalue weighted by Gasteiger charge is 2.51. The summed E-state index contributed by atoms with van der Waals surface area (Å²) < 4.78 is 17.2. The molecule has 0 amide bonds. The van der Waals surface area contributed by atoms with Crippen molar-refractivity contribution in [2.75, 3.05) is 6.61 Å². The van der Waals surface area contributed by atoms with Crippen LogP contribution in [0.1, 0.15) is 20.8 Å². The maximum Gasteiger partial charge on any atom is 0.509 e. The van der Waals surface area contributed by atoms with Crippen LogP contribution in [-0.2, 0) is 13.9 Å². The van der Waals surface area contributed by atoms with E-state index in [-0.39, 0.29) is 11.6 Å². The van der Waals surface area contributed by atoms with Crippen LogP contribution in [0.3, 0.4) is 0 Å². The van der Waals surface area contributed by atoms with Gasteiger partial charge in [0.15, 0.2) is 12.2 Å². The standard InChI is InChI=1S/C22H26O4Si/c1-5-19-20(26-21(23)25-19)16-24-27(22(2,3)4,17-12-8-6-9-13-17)18-14-10-7-11-15-18/h5-15,19-20H,1,16H2,2-4H3/t19-,20+/m1/s1. The number of benzene rings is 2. The summed E-state index contributed by atoms with van der Waals surface area (Å²) in [6, 6.07) is 20.7. The molecule has 0 aliphatic carbocycles. The van der Waals surface area contributed by atoms with Crippen molar-refractivity contribution in [1.29, 1.82) is 0 Å². The predicted molar refractivity (Wildman–Crippen MR) is 109 cm³/mol. The van der Waals surface area contributed by atoms with Gasteiger partial charge in [-0.15, -0.1) is 0 Å². The third-order valence-electron chi connectivity index (χ3n) is 4.96. The Morgan fingerprint density at radius 1 is 1.00 bits per heavy atom. The number of carbonyl (C=O) groups is 1. The van der Waals surface area contributed by atoms with Crippen LogP contribution in [-0.4, -0.2) is 33.3 Å². The molecular formula is C22H26O4Si. The second-order valence-electron chi connectivity index (χ2n) is 7.70. The Balaban J connectivity index is 2.04. The molecule has 0 unspecified atom stereocenters. The third-order valence-corrected chi connectivity index (χ3v) is 9.96. The minimum atomic E-state index is -2.66. The van der Waals surface area contributed by atoms with Gasteiger partial charge in [-0.25, -0.2) is 4.79 Å². The Labute approximate surface area is 161 Å². The SMILES string of the molecule is C=C[C@H]1OC(=O)O[C@H]1CO[Si](c1ccccc1)(c1ccccc1)C(C)(C)C. The van der Waals surface area contributed by atoms with Gasteiger partial charge in [0.1, 0.15) is 0 Å². The van der Waals surface area contributed by atoms with Gasteiger partial charge in [0.05, 0.1) is 6.61 Å². The molecule has 3 rings (SSSR count). The van der Waals surface area contributed by atoms with Crippen molar-refractivity contribution >= 4 is 24.8 Å². The van der Waals surface area contributed by atoms with Gasteiger partial charge in [0, 0.05) is 0 Å². The molecule has 1 aliphatic rings. The first-order valence-corrected chi connectivity index (χ1v) is 11.0. The minimum Gasteiger partial charge on any atom is -0.424 e. The van der Waals surface area contributed by atoms with E-state index in [1.165, 1.54) is 10.4 Å². The van der Waals surface area contributed by atoms with E-state index < -0.39 is 26.7 Å². The Morgan fingerprint density at radius 3 is 1.96 bits per heavy atom. The number of hydrogen-bond donors (Lipinski definition) is 0. The first-order chi connectivity index (χ1) is 12.9. The molecule has 1 fully saturated rings. The first kappa shape index (κ1) is 19.4. The maximum atomic E-state index is 11.5. The Morgan fingerprint density at radius 2 is 1.52 bits per heavy atom. The smallest absolute Gasteiger partial charge is 0.424 e. The highest BCUT2D eigenvalue weighted by Crippen LogP contribution is 2.37. The average molecular weight is 383 g/mol. The molecule has 0 bridgehead atoms. The molecule has 2 atom stereocenters. The monoisotopic (exact) mass is 382 g/mol. The molecule has 0 spiro atoms. The lowest BCUT2D eigenvalue weighted by Crippen LogP contribution is -2.67. The van der Waals surface area contributed by atoms with Gasteiger partial charge >= 0.3 is 6.16 Å². The summed E-state index contributed by atoms with van der Waals surface area (Å²) in [5.74, 6) is 0. The van der Waals surface area contributed by atoms with Crippen LogP contribution in [0.4, 0.5) is 4.79 Å². The van der Waals surface area contributed by atoms with Crippen molar-refractivity contribution in [2.45, 2.75) is 38.0 Å². The molecule has 1 saturated heterocycles. The largest absolute Gasteiger partial charge is 0.509 e. The maximum absolute atomic E-state index is 11.5. The van der Waals surface area contributed by atoms with Crippen LogP contribution in [0.15, 0.2) is 73.3 Å². The topological polar surface area (TPSA) is 44.8 Å². The number of cyclic esters (lactones) is 2. The molecule has 2 aromatic rings. The van der Waals surface area contributed by atoms with Crippen LogP contribution < -0.4 is 10.4 Å². The van der Waals surface area contributed by atoms with E-state index in [1.54, 1.807) is 6.08 Å². The molecule has 1 heterocycles. The zero-order valence-corrected chi connectivity index (χ0v) is 17.1. The Bertz CT molecular complexity index is 743. The first-order valence-electron chi connectivity index (χ1n) is 9.13. The molecule has 0 saturated carbocycles. The van der Waals surface area contributed by atoms with E-state index in [1.807, 2.05) is 36.4 Å². The van der Waals surface area contributed by atoms with E-state index in [2.05, 4.69) is 51.6 Å². The van der Waals surface area contributed by atoms with Crippen molar-refractivity contribution in [3.63, 3.8) is 0 Å². The van der Waals surface area contributed by atoms with Crippen LogP contribution in [0.25, 0.3) is 0 Å². The Hall–Kier alpha value is -2.37. The molecule has 1 aliphatic heterocycles. The summed E-state index contributed by atoms with van der Waals surface area (Å²) in [5.41, 5.74) is 0. The molecule has 0 N–H and O–H groups in total. The zero-order valence-electron chi connectivity index (χ0n) is 16.1. The average Bonchev–Trinajstić information content (AvgIpc) is 3.03. The summed E-state index contributed by atoms with van der Waals surface area (Å²) >= 11 is 0. The minimum absolute atomic E-state index is 0.136. The van der Waals surface area contributed by atoms with E-state index in [9.17, 15) is 4.79 Å². The van der Waals surface area contributed by atoms with Crippen LogP contribution >= 0.6 is 0 Å². The quantitative estimate of drug-likeness (QED) is 0.435. The summed E-state index contributed by atoms with van der Waals surface area (Å²) in [6.45, 7) is 10.6. The molecule has 2 aromatic carbocycles. The summed E-state index contributed by atoms with van der Waals surface area (Å²) in [6.07, 6.45) is -0.0621. The highest BCUT2D eigenvalue weighted by atomic mass is 28.4. The molecule has 4 nitrogen and oxygen atoms in total. The summed E-state index contributed by atoms with van der Waals surface area (Å²) in [5, 5.41) is 2.23. The fourth-order valence-corrected chi connectivity index (χ4v) is 8.27. The van der Waals surface area contributed by atoms with Crippen LogP contribution in [0.2, 0.25) is 5.04 Å². The van der Waals surface area contributed by atoms with Crippen molar-refractivity contribution < 1.29 is 18.7 Å². The van der Waals surface area contributed by atoms with Crippen LogP contribution in [0, 0.1) is 0 Å². The lowest BCUT2D eigenvalue weighted by Gasteiger charge is -2.43. The molecule has 27 heavy (non-hydrogen) atoms. The van der Waals surface area contributed by atoms with E-state index in [0.29, 0.717) is 0 Å². The fourth-order valence-electron chi connectivity index (χ4n) is 3.70. The van der Waals surface area contributed by atoms with Crippen molar-refractivity contribution in [3.8, 4) is 0 Å². The number of hydrogen-bond acceptors (Lipinski definition) is 4. The van der Waals surface area contributed by atoms with Gasteiger partial charge in [0.25, 0.3) is 8.32 Å². The molecule has 142 valence electrons. The summed E-state index contributed by atoms with van der Waals surface area (Å²) in [4.78, 5) is 11.5. The number of carbonyl (C=O) groups excluding carboxylic acids is 1. The predicted octanol–water partition coefficient (Wildman–Crippen LogP) is 3.65. The zero-order chi connectivity index (χ0) is 19.5. The van der Waals surface area contributed by atoms with Crippen molar-refractivity contribution in [2.24, 2.45) is 0 Å².